The Morgan fingerprint density at radius 1 is 1.38 bits per heavy atom. The smallest absolute Gasteiger partial charge is 0.224 e. The van der Waals surface area contributed by atoms with E-state index >= 15 is 0 Å². The molecule has 4 nitrogen and oxygen atoms in total. The second-order valence-electron chi connectivity index (χ2n) is 6.23. The third kappa shape index (κ3) is 3.24. The van der Waals surface area contributed by atoms with E-state index in [-0.39, 0.29) is 17.7 Å². The summed E-state index contributed by atoms with van der Waals surface area (Å²) in [6, 6.07) is 7.73. The number of methoxy groups -OCH3 is 1. The van der Waals surface area contributed by atoms with E-state index in [1.54, 1.807) is 13.3 Å². The Hall–Kier alpha value is -2.07. The van der Waals surface area contributed by atoms with Gasteiger partial charge in [0.1, 0.15) is 5.75 Å². The minimum Gasteiger partial charge on any atom is -0.496 e. The first-order valence-corrected chi connectivity index (χ1v) is 8.42. The lowest BCUT2D eigenvalue weighted by atomic mass is 10.1. The van der Waals surface area contributed by atoms with E-state index in [2.05, 4.69) is 10.3 Å². The van der Waals surface area contributed by atoms with Crippen LogP contribution in [0.1, 0.15) is 34.7 Å². The molecule has 0 saturated heterocycles. The fraction of sp³-hybridized carbons (Fsp3) is 0.368. The lowest BCUT2D eigenvalue weighted by molar-refractivity contribution is -0.122. The molecule has 2 aromatic rings. The van der Waals surface area contributed by atoms with Crippen molar-refractivity contribution in [2.75, 3.05) is 7.11 Å². The molecule has 5 heteroatoms. The quantitative estimate of drug-likeness (QED) is 0.898. The van der Waals surface area contributed by atoms with E-state index in [1.807, 2.05) is 38.1 Å². The first kappa shape index (κ1) is 16.8. The standard InChI is InChI=1S/C19H21ClN2O2/c1-11-9-21-17(12(2)18(11)24-3)10-22-19(23)15-8-14(15)13-6-4-5-7-16(13)20/h4-7,9,14-15H,8,10H2,1-3H3,(H,22,23). The molecule has 1 amide bonds. The molecule has 2 unspecified atom stereocenters. The van der Waals surface area contributed by atoms with Gasteiger partial charge in [-0.2, -0.15) is 0 Å². The zero-order valence-corrected chi connectivity index (χ0v) is 14.9. The average molecular weight is 345 g/mol. The number of ether oxygens (including phenoxy) is 1. The summed E-state index contributed by atoms with van der Waals surface area (Å²) in [5, 5.41) is 3.73. The van der Waals surface area contributed by atoms with E-state index in [9.17, 15) is 4.79 Å². The van der Waals surface area contributed by atoms with Gasteiger partial charge in [-0.05, 0) is 37.8 Å². The summed E-state index contributed by atoms with van der Waals surface area (Å²) in [5.74, 6) is 1.10. The molecular weight excluding hydrogens is 324 g/mol. The van der Waals surface area contributed by atoms with Gasteiger partial charge in [-0.25, -0.2) is 0 Å². The van der Waals surface area contributed by atoms with Crippen LogP contribution in [0.5, 0.6) is 5.75 Å². The highest BCUT2D eigenvalue weighted by molar-refractivity contribution is 6.31. The molecule has 126 valence electrons. The van der Waals surface area contributed by atoms with Crippen molar-refractivity contribution in [2.24, 2.45) is 5.92 Å². The van der Waals surface area contributed by atoms with Gasteiger partial charge in [0.2, 0.25) is 5.91 Å². The highest BCUT2D eigenvalue weighted by Crippen LogP contribution is 2.49. The third-order valence-corrected chi connectivity index (χ3v) is 4.96. The van der Waals surface area contributed by atoms with Gasteiger partial charge < -0.3 is 10.1 Å². The highest BCUT2D eigenvalue weighted by atomic mass is 35.5. The number of hydrogen-bond acceptors (Lipinski definition) is 3. The van der Waals surface area contributed by atoms with Gasteiger partial charge in [0.05, 0.1) is 19.3 Å². The number of rotatable bonds is 5. The SMILES string of the molecule is COc1c(C)cnc(CNC(=O)C2CC2c2ccccc2Cl)c1C. The number of nitrogens with zero attached hydrogens (tertiary/aromatic N) is 1. The monoisotopic (exact) mass is 344 g/mol. The van der Waals surface area contributed by atoms with Gasteiger partial charge in [0, 0.05) is 28.3 Å². The summed E-state index contributed by atoms with van der Waals surface area (Å²) in [5.41, 5.74) is 3.86. The summed E-state index contributed by atoms with van der Waals surface area (Å²) in [6.07, 6.45) is 2.62. The van der Waals surface area contributed by atoms with Crippen LogP contribution in [0.25, 0.3) is 0 Å². The maximum absolute atomic E-state index is 12.4. The van der Waals surface area contributed by atoms with Gasteiger partial charge in [0.25, 0.3) is 0 Å². The molecule has 1 aromatic heterocycles. The Bertz CT molecular complexity index is 776. The summed E-state index contributed by atoms with van der Waals surface area (Å²) in [4.78, 5) is 16.8. The van der Waals surface area contributed by atoms with Crippen molar-refractivity contribution in [2.45, 2.75) is 32.7 Å². The molecule has 1 fully saturated rings. The minimum absolute atomic E-state index is 0.00227. The number of hydrogen-bond donors (Lipinski definition) is 1. The summed E-state index contributed by atoms with van der Waals surface area (Å²) < 4.78 is 5.40. The molecule has 24 heavy (non-hydrogen) atoms. The molecule has 1 aromatic carbocycles. The number of nitrogens with one attached hydrogen (secondary N) is 1. The number of aromatic nitrogens is 1. The molecule has 2 atom stereocenters. The fourth-order valence-electron chi connectivity index (χ4n) is 3.16. The maximum Gasteiger partial charge on any atom is 0.224 e. The fourth-order valence-corrected chi connectivity index (χ4v) is 3.43. The molecule has 0 radical (unpaired) electrons. The first-order valence-electron chi connectivity index (χ1n) is 8.04. The number of carbonyl (C=O) groups is 1. The molecule has 1 heterocycles. The molecule has 0 bridgehead atoms. The van der Waals surface area contributed by atoms with E-state index in [1.165, 1.54) is 0 Å². The number of amides is 1. The normalized spacial score (nSPS) is 19.0. The number of halogens is 1. The van der Waals surface area contributed by atoms with Crippen LogP contribution in [0.15, 0.2) is 30.5 Å². The van der Waals surface area contributed by atoms with Crippen LogP contribution in [-0.2, 0) is 11.3 Å². The van der Waals surface area contributed by atoms with Crippen molar-refractivity contribution in [3.63, 3.8) is 0 Å². The van der Waals surface area contributed by atoms with Crippen LogP contribution in [0.3, 0.4) is 0 Å². The van der Waals surface area contributed by atoms with Crippen molar-refractivity contribution in [1.29, 1.82) is 0 Å². The Morgan fingerprint density at radius 3 is 2.83 bits per heavy atom. The molecule has 1 aliphatic rings. The Morgan fingerprint density at radius 2 is 2.12 bits per heavy atom. The van der Waals surface area contributed by atoms with E-state index in [0.29, 0.717) is 6.54 Å². The molecule has 1 aliphatic carbocycles. The number of benzene rings is 1. The largest absolute Gasteiger partial charge is 0.496 e. The minimum atomic E-state index is -0.00227. The third-order valence-electron chi connectivity index (χ3n) is 4.61. The van der Waals surface area contributed by atoms with E-state index < -0.39 is 0 Å². The maximum atomic E-state index is 12.4. The molecule has 1 saturated carbocycles. The van der Waals surface area contributed by atoms with Crippen LogP contribution in [-0.4, -0.2) is 18.0 Å². The van der Waals surface area contributed by atoms with Crippen LogP contribution in [0.2, 0.25) is 5.02 Å². The molecule has 0 aliphatic heterocycles. The summed E-state index contributed by atoms with van der Waals surface area (Å²) in [6.45, 7) is 4.33. The van der Waals surface area contributed by atoms with E-state index in [0.717, 1.165) is 39.6 Å². The van der Waals surface area contributed by atoms with Crippen molar-refractivity contribution in [3.05, 3.63) is 57.9 Å². The summed E-state index contributed by atoms with van der Waals surface area (Å²) in [7, 11) is 1.65. The Kier molecular flexibility index (Phi) is 4.76. The topological polar surface area (TPSA) is 51.2 Å². The number of carbonyl (C=O) groups excluding carboxylic acids is 1. The average Bonchev–Trinajstić information content (AvgIpc) is 3.35. The number of aryl methyl sites for hydroxylation is 1. The highest BCUT2D eigenvalue weighted by Gasteiger charge is 2.44. The van der Waals surface area contributed by atoms with Crippen molar-refractivity contribution in [3.8, 4) is 5.75 Å². The molecule has 3 rings (SSSR count). The second-order valence-corrected chi connectivity index (χ2v) is 6.64. The first-order chi connectivity index (χ1) is 11.5. The second kappa shape index (κ2) is 6.81. The van der Waals surface area contributed by atoms with Gasteiger partial charge in [-0.1, -0.05) is 29.8 Å². The molecular formula is C19H21ClN2O2. The zero-order chi connectivity index (χ0) is 17.3. The lowest BCUT2D eigenvalue weighted by Crippen LogP contribution is -2.26. The Balaban J connectivity index is 1.63. The Labute approximate surface area is 147 Å². The van der Waals surface area contributed by atoms with Crippen molar-refractivity contribution < 1.29 is 9.53 Å². The van der Waals surface area contributed by atoms with Gasteiger partial charge in [0.15, 0.2) is 0 Å². The zero-order valence-electron chi connectivity index (χ0n) is 14.1. The van der Waals surface area contributed by atoms with Crippen molar-refractivity contribution in [1.82, 2.24) is 10.3 Å². The number of pyridine rings is 1. The van der Waals surface area contributed by atoms with Gasteiger partial charge >= 0.3 is 0 Å². The van der Waals surface area contributed by atoms with Crippen molar-refractivity contribution >= 4 is 17.5 Å². The predicted octanol–water partition coefficient (Wildman–Crippen LogP) is 3.78. The lowest BCUT2D eigenvalue weighted by Gasteiger charge is -2.13. The van der Waals surface area contributed by atoms with Crippen LogP contribution >= 0.6 is 11.6 Å². The summed E-state index contributed by atoms with van der Waals surface area (Å²) >= 11 is 6.22. The van der Waals surface area contributed by atoms with Crippen LogP contribution in [0, 0.1) is 19.8 Å². The predicted molar refractivity (Wildman–Crippen MR) is 94.4 cm³/mol. The van der Waals surface area contributed by atoms with Gasteiger partial charge in [-0.15, -0.1) is 0 Å². The van der Waals surface area contributed by atoms with Gasteiger partial charge in [-0.3, -0.25) is 9.78 Å². The molecule has 0 spiro atoms. The molecule has 1 N–H and O–H groups in total. The van der Waals surface area contributed by atoms with Crippen LogP contribution < -0.4 is 10.1 Å². The van der Waals surface area contributed by atoms with E-state index in [4.69, 9.17) is 16.3 Å². The van der Waals surface area contributed by atoms with Crippen LogP contribution in [0.4, 0.5) is 0 Å².